The maximum atomic E-state index is 10.8. The van der Waals surface area contributed by atoms with E-state index in [2.05, 4.69) is 22.2 Å². The van der Waals surface area contributed by atoms with Crippen molar-refractivity contribution in [3.05, 3.63) is 28.3 Å². The normalized spacial score (nSPS) is 21.8. The van der Waals surface area contributed by atoms with Crippen LogP contribution in [0.1, 0.15) is 19.8 Å². The van der Waals surface area contributed by atoms with E-state index < -0.39 is 4.92 Å². The molecule has 2 aromatic rings. The molecule has 112 valence electrons. The molecule has 0 saturated carbocycles. The Labute approximate surface area is 121 Å². The molecule has 2 N–H and O–H groups in total. The molecule has 2 atom stereocenters. The molecule has 0 aliphatic carbocycles. The van der Waals surface area contributed by atoms with Crippen LogP contribution < -0.4 is 5.32 Å². The van der Waals surface area contributed by atoms with Gasteiger partial charge in [0.1, 0.15) is 0 Å². The fourth-order valence-corrected chi connectivity index (χ4v) is 2.80. The molecule has 1 aromatic carbocycles. The van der Waals surface area contributed by atoms with Crippen molar-refractivity contribution < 1.29 is 9.66 Å². The summed E-state index contributed by atoms with van der Waals surface area (Å²) in [6.07, 6.45) is 2.37. The number of hydrogen-bond donors (Lipinski definition) is 2. The molecule has 1 fully saturated rings. The maximum Gasteiger partial charge on any atom is 0.271 e. The number of fused-ring (bicyclic) bond motifs is 1. The van der Waals surface area contributed by atoms with Crippen LogP contribution in [0.4, 0.5) is 11.6 Å². The molecule has 2 heterocycles. The minimum atomic E-state index is -0.408. The Bertz CT molecular complexity index is 655. The molecule has 1 aromatic heterocycles. The highest BCUT2D eigenvalue weighted by atomic mass is 16.6. The van der Waals surface area contributed by atoms with Crippen molar-refractivity contribution in [2.45, 2.75) is 25.9 Å². The maximum absolute atomic E-state index is 10.8. The third kappa shape index (κ3) is 2.82. The number of aromatic amines is 1. The van der Waals surface area contributed by atoms with Gasteiger partial charge in [-0.15, -0.1) is 0 Å². The molecular weight excluding hydrogens is 272 g/mol. The fourth-order valence-electron chi connectivity index (χ4n) is 2.80. The Hall–Kier alpha value is -2.15. The van der Waals surface area contributed by atoms with Gasteiger partial charge in [-0.05, 0) is 18.9 Å². The number of imidazole rings is 1. The Morgan fingerprint density at radius 2 is 2.43 bits per heavy atom. The first-order chi connectivity index (χ1) is 10.2. The largest absolute Gasteiger partial charge is 0.378 e. The second-order valence-corrected chi connectivity index (χ2v) is 5.29. The monoisotopic (exact) mass is 290 g/mol. The topological polar surface area (TPSA) is 93.1 Å². The summed E-state index contributed by atoms with van der Waals surface area (Å²) >= 11 is 0. The van der Waals surface area contributed by atoms with Crippen LogP contribution in [0.15, 0.2) is 18.2 Å². The van der Waals surface area contributed by atoms with E-state index in [1.54, 1.807) is 6.07 Å². The van der Waals surface area contributed by atoms with Crippen LogP contribution in [0.2, 0.25) is 0 Å². The average molecular weight is 290 g/mol. The van der Waals surface area contributed by atoms with Gasteiger partial charge in [0.05, 0.1) is 22.1 Å². The minimum Gasteiger partial charge on any atom is -0.378 e. The van der Waals surface area contributed by atoms with Gasteiger partial charge in [-0.3, -0.25) is 10.1 Å². The minimum absolute atomic E-state index is 0.0629. The van der Waals surface area contributed by atoms with Crippen LogP contribution in [0.25, 0.3) is 11.0 Å². The Balaban J connectivity index is 1.71. The molecule has 0 spiro atoms. The number of benzene rings is 1. The summed E-state index contributed by atoms with van der Waals surface area (Å²) < 4.78 is 5.66. The zero-order valence-electron chi connectivity index (χ0n) is 11.8. The van der Waals surface area contributed by atoms with Crippen LogP contribution in [0.3, 0.4) is 0 Å². The lowest BCUT2D eigenvalue weighted by molar-refractivity contribution is -0.384. The predicted octanol–water partition coefficient (Wildman–Crippen LogP) is 2.70. The first-order valence-corrected chi connectivity index (χ1v) is 7.17. The third-order valence-electron chi connectivity index (χ3n) is 3.96. The second-order valence-electron chi connectivity index (χ2n) is 5.29. The van der Waals surface area contributed by atoms with Crippen molar-refractivity contribution in [1.82, 2.24) is 9.97 Å². The predicted molar refractivity (Wildman–Crippen MR) is 79.4 cm³/mol. The van der Waals surface area contributed by atoms with Gasteiger partial charge in [0.15, 0.2) is 0 Å². The number of anilines is 1. The van der Waals surface area contributed by atoms with Gasteiger partial charge in [0.25, 0.3) is 5.69 Å². The van der Waals surface area contributed by atoms with Crippen LogP contribution in [0.5, 0.6) is 0 Å². The number of H-pyrrole nitrogens is 1. The molecule has 3 rings (SSSR count). The molecule has 0 amide bonds. The van der Waals surface area contributed by atoms with E-state index in [1.807, 2.05) is 0 Å². The van der Waals surface area contributed by atoms with Crippen molar-refractivity contribution in [2.24, 2.45) is 5.92 Å². The average Bonchev–Trinajstić information content (AvgIpc) is 3.09. The fraction of sp³-hybridized carbons (Fsp3) is 0.500. The number of non-ortho nitro benzene ring substituents is 1. The standard InChI is InChI=1S/C14H18N4O3/c1-2-13-9(5-6-21-13)8-15-14-16-11-4-3-10(18(19)20)7-12(11)17-14/h3-4,7,9,13H,2,5-6,8H2,1H3,(H2,15,16,17). The lowest BCUT2D eigenvalue weighted by atomic mass is 10.00. The summed E-state index contributed by atoms with van der Waals surface area (Å²) in [5.41, 5.74) is 1.45. The SMILES string of the molecule is CCC1OCCC1CNc1nc2ccc([N+](=O)[O-])cc2[nH]1. The summed E-state index contributed by atoms with van der Waals surface area (Å²) in [5, 5.41) is 14.0. The number of rotatable bonds is 5. The zero-order valence-corrected chi connectivity index (χ0v) is 11.8. The highest BCUT2D eigenvalue weighted by Crippen LogP contribution is 2.24. The van der Waals surface area contributed by atoms with Crippen molar-refractivity contribution in [3.8, 4) is 0 Å². The molecular formula is C14H18N4O3. The molecule has 1 saturated heterocycles. The van der Waals surface area contributed by atoms with E-state index in [1.165, 1.54) is 12.1 Å². The van der Waals surface area contributed by atoms with Gasteiger partial charge in [-0.1, -0.05) is 6.92 Å². The van der Waals surface area contributed by atoms with Crippen molar-refractivity contribution in [3.63, 3.8) is 0 Å². The molecule has 0 radical (unpaired) electrons. The Morgan fingerprint density at radius 3 is 3.19 bits per heavy atom. The van der Waals surface area contributed by atoms with Crippen LogP contribution in [-0.4, -0.2) is 34.1 Å². The van der Waals surface area contributed by atoms with Crippen molar-refractivity contribution >= 4 is 22.7 Å². The van der Waals surface area contributed by atoms with E-state index in [0.717, 1.165) is 31.5 Å². The summed E-state index contributed by atoms with van der Waals surface area (Å²) in [5.74, 6) is 1.13. The number of nitrogens with zero attached hydrogens (tertiary/aromatic N) is 2. The second kappa shape index (κ2) is 5.69. The molecule has 0 bridgehead atoms. The number of hydrogen-bond acceptors (Lipinski definition) is 5. The number of ether oxygens (including phenoxy) is 1. The number of nitro benzene ring substituents is 1. The van der Waals surface area contributed by atoms with Gasteiger partial charge in [0.2, 0.25) is 5.95 Å². The highest BCUT2D eigenvalue weighted by molar-refractivity contribution is 5.79. The zero-order chi connectivity index (χ0) is 14.8. The summed E-state index contributed by atoms with van der Waals surface area (Å²) in [6, 6.07) is 4.62. The van der Waals surface area contributed by atoms with Gasteiger partial charge in [-0.25, -0.2) is 4.98 Å². The van der Waals surface area contributed by atoms with Crippen molar-refractivity contribution in [2.75, 3.05) is 18.5 Å². The summed E-state index contributed by atoms with van der Waals surface area (Å²) in [6.45, 7) is 3.74. The van der Waals surface area contributed by atoms with Crippen molar-refractivity contribution in [1.29, 1.82) is 0 Å². The molecule has 21 heavy (non-hydrogen) atoms. The molecule has 1 aliphatic rings. The van der Waals surface area contributed by atoms with E-state index in [9.17, 15) is 10.1 Å². The smallest absolute Gasteiger partial charge is 0.271 e. The van der Waals surface area contributed by atoms with Crippen LogP contribution in [-0.2, 0) is 4.74 Å². The highest BCUT2D eigenvalue weighted by Gasteiger charge is 2.26. The Kier molecular flexibility index (Phi) is 3.74. The van der Waals surface area contributed by atoms with E-state index in [0.29, 0.717) is 23.5 Å². The molecule has 1 aliphatic heterocycles. The lowest BCUT2D eigenvalue weighted by Crippen LogP contribution is -2.23. The van der Waals surface area contributed by atoms with Gasteiger partial charge >= 0.3 is 0 Å². The Morgan fingerprint density at radius 1 is 1.57 bits per heavy atom. The molecule has 7 heteroatoms. The van der Waals surface area contributed by atoms with E-state index >= 15 is 0 Å². The van der Waals surface area contributed by atoms with Crippen LogP contribution in [0, 0.1) is 16.0 Å². The van der Waals surface area contributed by atoms with Crippen LogP contribution >= 0.6 is 0 Å². The van der Waals surface area contributed by atoms with Gasteiger partial charge in [0, 0.05) is 31.2 Å². The van der Waals surface area contributed by atoms with E-state index in [4.69, 9.17) is 4.74 Å². The number of nitro groups is 1. The number of nitrogens with one attached hydrogen (secondary N) is 2. The molecule has 7 nitrogen and oxygen atoms in total. The third-order valence-corrected chi connectivity index (χ3v) is 3.96. The van der Waals surface area contributed by atoms with E-state index in [-0.39, 0.29) is 5.69 Å². The van der Waals surface area contributed by atoms with Gasteiger partial charge in [-0.2, -0.15) is 0 Å². The first-order valence-electron chi connectivity index (χ1n) is 7.17. The lowest BCUT2D eigenvalue weighted by Gasteiger charge is -2.16. The number of aromatic nitrogens is 2. The summed E-state index contributed by atoms with van der Waals surface area (Å²) in [4.78, 5) is 17.8. The summed E-state index contributed by atoms with van der Waals surface area (Å²) in [7, 11) is 0. The molecule has 2 unspecified atom stereocenters. The quantitative estimate of drug-likeness (QED) is 0.652. The first kappa shape index (κ1) is 13.8. The van der Waals surface area contributed by atoms with Gasteiger partial charge < -0.3 is 15.0 Å².